The summed E-state index contributed by atoms with van der Waals surface area (Å²) < 4.78 is 2.97. The van der Waals surface area contributed by atoms with Crippen LogP contribution in [0.25, 0.3) is 0 Å². The van der Waals surface area contributed by atoms with E-state index in [1.807, 2.05) is 6.92 Å². The van der Waals surface area contributed by atoms with Crippen molar-refractivity contribution < 1.29 is 9.59 Å². The van der Waals surface area contributed by atoms with Crippen LogP contribution in [0.1, 0.15) is 39.3 Å². The number of rotatable bonds is 4. The Labute approximate surface area is 132 Å². The van der Waals surface area contributed by atoms with E-state index in [1.165, 1.54) is 9.36 Å². The van der Waals surface area contributed by atoms with E-state index in [0.717, 1.165) is 0 Å². The van der Waals surface area contributed by atoms with Crippen LogP contribution in [0.5, 0.6) is 0 Å². The van der Waals surface area contributed by atoms with Crippen LogP contribution >= 0.6 is 11.6 Å². The van der Waals surface area contributed by atoms with Gasteiger partial charge in [0.1, 0.15) is 5.69 Å². The highest BCUT2D eigenvalue weighted by atomic mass is 35.5. The molecule has 0 bridgehead atoms. The number of carbonyl (C=O) groups excluding carboxylic acids is 2. The van der Waals surface area contributed by atoms with E-state index in [1.54, 1.807) is 20.9 Å². The number of hydrogen-bond donors (Lipinski definition) is 2. The Bertz CT molecular complexity index is 761. The summed E-state index contributed by atoms with van der Waals surface area (Å²) >= 11 is 6.14. The molecule has 0 aliphatic rings. The molecule has 2 aromatic rings. The lowest BCUT2D eigenvalue weighted by molar-refractivity contribution is 0.0995. The molecule has 0 aromatic carbocycles. The largest absolute Gasteiger partial charge is 0.364 e. The third kappa shape index (κ3) is 2.57. The van der Waals surface area contributed by atoms with Crippen LogP contribution in [0.15, 0.2) is 0 Å². The van der Waals surface area contributed by atoms with Gasteiger partial charge in [0.15, 0.2) is 5.69 Å². The van der Waals surface area contributed by atoms with E-state index in [4.69, 9.17) is 17.3 Å². The Kier molecular flexibility index (Phi) is 4.23. The number of anilines is 1. The number of halogens is 1. The molecule has 0 spiro atoms. The van der Waals surface area contributed by atoms with E-state index >= 15 is 0 Å². The number of carbonyl (C=O) groups is 2. The molecule has 2 amide bonds. The van der Waals surface area contributed by atoms with Gasteiger partial charge in [-0.3, -0.25) is 19.0 Å². The van der Waals surface area contributed by atoms with Crippen molar-refractivity contribution in [1.82, 2.24) is 19.6 Å². The Balaban J connectivity index is 2.44. The second-order valence-electron chi connectivity index (χ2n) is 4.81. The summed E-state index contributed by atoms with van der Waals surface area (Å²) in [5, 5.41) is 11.1. The van der Waals surface area contributed by atoms with Crippen molar-refractivity contribution in [2.75, 3.05) is 5.32 Å². The van der Waals surface area contributed by atoms with Crippen LogP contribution in [-0.4, -0.2) is 31.4 Å². The van der Waals surface area contributed by atoms with E-state index < -0.39 is 11.8 Å². The molecule has 0 aliphatic carbocycles. The SMILES string of the molecule is CCn1nc(C)c(Cl)c1C(=O)Nc1c(C(N)=O)nn(C)c1C. The average Bonchev–Trinajstić information content (AvgIpc) is 2.90. The Morgan fingerprint density at radius 3 is 2.50 bits per heavy atom. The van der Waals surface area contributed by atoms with Gasteiger partial charge in [-0.25, -0.2) is 0 Å². The normalized spacial score (nSPS) is 10.8. The van der Waals surface area contributed by atoms with Crippen LogP contribution in [0.4, 0.5) is 5.69 Å². The first-order valence-electron chi connectivity index (χ1n) is 6.65. The summed E-state index contributed by atoms with van der Waals surface area (Å²) in [5.74, 6) is -1.18. The third-order valence-corrected chi connectivity index (χ3v) is 3.83. The number of aryl methyl sites for hydroxylation is 3. The Hall–Kier alpha value is -2.35. The van der Waals surface area contributed by atoms with Crippen molar-refractivity contribution in [2.24, 2.45) is 12.8 Å². The molecule has 22 heavy (non-hydrogen) atoms. The second-order valence-corrected chi connectivity index (χ2v) is 5.19. The maximum atomic E-state index is 12.5. The van der Waals surface area contributed by atoms with Crippen LogP contribution in [-0.2, 0) is 13.6 Å². The molecular weight excluding hydrogens is 308 g/mol. The lowest BCUT2D eigenvalue weighted by Gasteiger charge is -2.08. The summed E-state index contributed by atoms with van der Waals surface area (Å²) in [5.41, 5.74) is 6.98. The number of nitrogens with two attached hydrogens (primary N) is 1. The highest BCUT2D eigenvalue weighted by Crippen LogP contribution is 2.24. The van der Waals surface area contributed by atoms with Gasteiger partial charge in [-0.2, -0.15) is 10.2 Å². The first kappa shape index (κ1) is 16.0. The average molecular weight is 325 g/mol. The maximum absolute atomic E-state index is 12.5. The first-order chi connectivity index (χ1) is 10.3. The topological polar surface area (TPSA) is 108 Å². The number of nitrogens with one attached hydrogen (secondary N) is 1. The molecule has 2 rings (SSSR count). The molecule has 0 aliphatic heterocycles. The summed E-state index contributed by atoms with van der Waals surface area (Å²) in [6.45, 7) is 5.78. The quantitative estimate of drug-likeness (QED) is 0.882. The molecule has 0 fully saturated rings. The number of amides is 2. The summed E-state index contributed by atoms with van der Waals surface area (Å²) in [6.07, 6.45) is 0. The van der Waals surface area contributed by atoms with Gasteiger partial charge < -0.3 is 11.1 Å². The fraction of sp³-hybridized carbons (Fsp3) is 0.385. The summed E-state index contributed by atoms with van der Waals surface area (Å²) in [7, 11) is 1.66. The van der Waals surface area contributed by atoms with Crippen LogP contribution < -0.4 is 11.1 Å². The summed E-state index contributed by atoms with van der Waals surface area (Å²) in [4.78, 5) is 24.0. The summed E-state index contributed by atoms with van der Waals surface area (Å²) in [6, 6.07) is 0. The minimum atomic E-state index is -0.717. The molecule has 0 saturated heterocycles. The molecule has 118 valence electrons. The zero-order valence-electron chi connectivity index (χ0n) is 12.8. The van der Waals surface area contributed by atoms with E-state index in [0.29, 0.717) is 17.9 Å². The van der Waals surface area contributed by atoms with Crippen molar-refractivity contribution in [3.05, 3.63) is 27.8 Å². The molecule has 9 heteroatoms. The van der Waals surface area contributed by atoms with Crippen LogP contribution in [0.2, 0.25) is 5.02 Å². The molecule has 0 unspecified atom stereocenters. The standard InChI is InChI=1S/C13H17ClN6O2/c1-5-20-11(8(14)6(2)17-20)13(22)16-9-7(3)19(4)18-10(9)12(15)21/h5H2,1-4H3,(H2,15,21)(H,16,22). The van der Waals surface area contributed by atoms with Gasteiger partial charge in [-0.05, 0) is 20.8 Å². The number of nitrogens with zero attached hydrogens (tertiary/aromatic N) is 4. The van der Waals surface area contributed by atoms with Gasteiger partial charge in [0.25, 0.3) is 11.8 Å². The zero-order chi connectivity index (χ0) is 16.6. The minimum Gasteiger partial charge on any atom is -0.364 e. The predicted molar refractivity (Wildman–Crippen MR) is 82.1 cm³/mol. The fourth-order valence-corrected chi connectivity index (χ4v) is 2.33. The van der Waals surface area contributed by atoms with Gasteiger partial charge in [0.05, 0.1) is 22.1 Å². The van der Waals surface area contributed by atoms with Crippen molar-refractivity contribution in [3.63, 3.8) is 0 Å². The highest BCUT2D eigenvalue weighted by Gasteiger charge is 2.24. The number of aromatic nitrogens is 4. The molecular formula is C13H17ClN6O2. The molecule has 3 N–H and O–H groups in total. The lowest BCUT2D eigenvalue weighted by atomic mass is 10.2. The van der Waals surface area contributed by atoms with E-state index in [-0.39, 0.29) is 22.1 Å². The lowest BCUT2D eigenvalue weighted by Crippen LogP contribution is -2.21. The van der Waals surface area contributed by atoms with Gasteiger partial charge in [-0.15, -0.1) is 0 Å². The monoisotopic (exact) mass is 324 g/mol. The smallest absolute Gasteiger partial charge is 0.275 e. The van der Waals surface area contributed by atoms with Crippen molar-refractivity contribution >= 4 is 29.1 Å². The molecule has 2 aromatic heterocycles. The highest BCUT2D eigenvalue weighted by molar-refractivity contribution is 6.34. The maximum Gasteiger partial charge on any atom is 0.275 e. The van der Waals surface area contributed by atoms with Gasteiger partial charge in [-0.1, -0.05) is 11.6 Å². The minimum absolute atomic E-state index is 0.00348. The Morgan fingerprint density at radius 1 is 1.32 bits per heavy atom. The molecule has 2 heterocycles. The zero-order valence-corrected chi connectivity index (χ0v) is 13.5. The first-order valence-corrected chi connectivity index (χ1v) is 7.03. The predicted octanol–water partition coefficient (Wildman–Crippen LogP) is 1.26. The third-order valence-electron chi connectivity index (χ3n) is 3.37. The Morgan fingerprint density at radius 2 is 1.95 bits per heavy atom. The van der Waals surface area contributed by atoms with Crippen molar-refractivity contribution in [2.45, 2.75) is 27.3 Å². The van der Waals surface area contributed by atoms with Crippen LogP contribution in [0, 0.1) is 13.8 Å². The van der Waals surface area contributed by atoms with Crippen molar-refractivity contribution in [1.29, 1.82) is 0 Å². The van der Waals surface area contributed by atoms with Crippen molar-refractivity contribution in [3.8, 4) is 0 Å². The van der Waals surface area contributed by atoms with Gasteiger partial charge >= 0.3 is 0 Å². The molecule has 0 atom stereocenters. The number of primary amides is 1. The van der Waals surface area contributed by atoms with Gasteiger partial charge in [0.2, 0.25) is 0 Å². The van der Waals surface area contributed by atoms with E-state index in [2.05, 4.69) is 15.5 Å². The van der Waals surface area contributed by atoms with Gasteiger partial charge in [0, 0.05) is 13.6 Å². The molecule has 0 saturated carbocycles. The fourth-order valence-electron chi connectivity index (χ4n) is 2.11. The molecule has 8 nitrogen and oxygen atoms in total. The second kappa shape index (κ2) is 5.80. The van der Waals surface area contributed by atoms with Crippen LogP contribution in [0.3, 0.4) is 0 Å². The molecule has 0 radical (unpaired) electrons. The van der Waals surface area contributed by atoms with E-state index in [9.17, 15) is 9.59 Å². The number of hydrogen-bond acceptors (Lipinski definition) is 4.